The van der Waals surface area contributed by atoms with Crippen LogP contribution in [-0.2, 0) is 5.41 Å². The van der Waals surface area contributed by atoms with E-state index in [0.717, 1.165) is 13.1 Å². The molecular formula is C12H16N2. The van der Waals surface area contributed by atoms with Crippen molar-refractivity contribution in [3.63, 3.8) is 0 Å². The van der Waals surface area contributed by atoms with E-state index in [1.54, 1.807) is 0 Å². The second-order valence-electron chi connectivity index (χ2n) is 4.67. The largest absolute Gasteiger partial charge is 0.384 e. The summed E-state index contributed by atoms with van der Waals surface area (Å²) in [5, 5.41) is 7.07. The zero-order chi connectivity index (χ0) is 9.60. The van der Waals surface area contributed by atoms with Crippen molar-refractivity contribution in [2.75, 3.05) is 18.4 Å². The summed E-state index contributed by atoms with van der Waals surface area (Å²) in [6, 6.07) is 9.37. The van der Waals surface area contributed by atoms with Crippen LogP contribution in [0.5, 0.6) is 0 Å². The van der Waals surface area contributed by atoms with Gasteiger partial charge in [-0.05, 0) is 25.0 Å². The van der Waals surface area contributed by atoms with Gasteiger partial charge in [-0.1, -0.05) is 18.2 Å². The van der Waals surface area contributed by atoms with Gasteiger partial charge < -0.3 is 10.6 Å². The summed E-state index contributed by atoms with van der Waals surface area (Å²) in [6.07, 6.45) is 1.26. The maximum Gasteiger partial charge on any atom is 0.0379 e. The Bertz CT molecular complexity index is 357. The molecule has 1 aromatic rings. The molecule has 74 valence electrons. The molecule has 1 aromatic carbocycles. The van der Waals surface area contributed by atoms with E-state index >= 15 is 0 Å². The highest BCUT2D eigenvalue weighted by atomic mass is 15.0. The number of hydrogen-bond donors (Lipinski definition) is 2. The average molecular weight is 188 g/mol. The molecule has 0 bridgehead atoms. The number of para-hydroxylation sites is 1. The van der Waals surface area contributed by atoms with Crippen LogP contribution in [0.2, 0.25) is 0 Å². The fourth-order valence-electron chi connectivity index (χ4n) is 2.90. The second kappa shape index (κ2) is 2.74. The molecule has 2 N–H and O–H groups in total. The SMILES string of the molecule is CC1CC2(CNc3ccccc32)CN1. The molecule has 2 nitrogen and oxygen atoms in total. The van der Waals surface area contributed by atoms with Crippen LogP contribution >= 0.6 is 0 Å². The van der Waals surface area contributed by atoms with Crippen molar-refractivity contribution in [3.05, 3.63) is 29.8 Å². The van der Waals surface area contributed by atoms with E-state index in [-0.39, 0.29) is 0 Å². The third kappa shape index (κ3) is 1.01. The van der Waals surface area contributed by atoms with Gasteiger partial charge in [-0.25, -0.2) is 0 Å². The van der Waals surface area contributed by atoms with Crippen LogP contribution in [0.4, 0.5) is 5.69 Å². The number of nitrogens with one attached hydrogen (secondary N) is 2. The number of benzene rings is 1. The molecule has 14 heavy (non-hydrogen) atoms. The lowest BCUT2D eigenvalue weighted by Crippen LogP contribution is -2.30. The van der Waals surface area contributed by atoms with Crippen LogP contribution in [0, 0.1) is 0 Å². The molecule has 2 aliphatic rings. The van der Waals surface area contributed by atoms with Crippen LogP contribution in [0.1, 0.15) is 18.9 Å². The maximum atomic E-state index is 3.55. The summed E-state index contributed by atoms with van der Waals surface area (Å²) < 4.78 is 0. The normalized spacial score (nSPS) is 34.5. The smallest absolute Gasteiger partial charge is 0.0379 e. The molecule has 0 radical (unpaired) electrons. The van der Waals surface area contributed by atoms with Gasteiger partial charge in [0.25, 0.3) is 0 Å². The first-order chi connectivity index (χ1) is 6.80. The molecule has 0 aliphatic carbocycles. The van der Waals surface area contributed by atoms with E-state index in [2.05, 4.69) is 41.8 Å². The Morgan fingerprint density at radius 2 is 2.14 bits per heavy atom. The van der Waals surface area contributed by atoms with Gasteiger partial charge >= 0.3 is 0 Å². The molecule has 2 aliphatic heterocycles. The number of rotatable bonds is 0. The van der Waals surface area contributed by atoms with E-state index in [9.17, 15) is 0 Å². The van der Waals surface area contributed by atoms with Crippen molar-refractivity contribution < 1.29 is 0 Å². The molecule has 1 spiro atoms. The highest BCUT2D eigenvalue weighted by molar-refractivity contribution is 5.61. The molecule has 0 saturated carbocycles. The van der Waals surface area contributed by atoms with Gasteiger partial charge in [0.05, 0.1) is 0 Å². The van der Waals surface area contributed by atoms with Crippen molar-refractivity contribution in [2.45, 2.75) is 24.8 Å². The Balaban J connectivity index is 2.05. The molecule has 1 saturated heterocycles. The number of hydrogen-bond acceptors (Lipinski definition) is 2. The van der Waals surface area contributed by atoms with E-state index < -0.39 is 0 Å². The minimum Gasteiger partial charge on any atom is -0.384 e. The minimum atomic E-state index is 0.371. The Kier molecular flexibility index (Phi) is 1.62. The Labute approximate surface area is 84.7 Å². The molecule has 0 aromatic heterocycles. The van der Waals surface area contributed by atoms with Crippen molar-refractivity contribution in [2.24, 2.45) is 0 Å². The molecule has 2 unspecified atom stereocenters. The summed E-state index contributed by atoms with van der Waals surface area (Å²) in [5.74, 6) is 0. The van der Waals surface area contributed by atoms with E-state index in [0.29, 0.717) is 11.5 Å². The van der Waals surface area contributed by atoms with Gasteiger partial charge in [0.1, 0.15) is 0 Å². The molecule has 2 heteroatoms. The fraction of sp³-hybridized carbons (Fsp3) is 0.500. The monoisotopic (exact) mass is 188 g/mol. The highest BCUT2D eigenvalue weighted by Crippen LogP contribution is 2.41. The van der Waals surface area contributed by atoms with Crippen LogP contribution in [0.15, 0.2) is 24.3 Å². The van der Waals surface area contributed by atoms with Crippen molar-refractivity contribution in [1.82, 2.24) is 5.32 Å². The summed E-state index contributed by atoms with van der Waals surface area (Å²) in [7, 11) is 0. The van der Waals surface area contributed by atoms with Crippen LogP contribution < -0.4 is 10.6 Å². The number of anilines is 1. The molecule has 0 amide bonds. The lowest BCUT2D eigenvalue weighted by molar-refractivity contribution is 0.510. The standard InChI is InChI=1S/C12H16N2/c1-9-6-12(7-13-9)8-14-11-5-3-2-4-10(11)12/h2-5,9,13-14H,6-8H2,1H3. The third-order valence-electron chi connectivity index (χ3n) is 3.60. The summed E-state index contributed by atoms with van der Waals surface area (Å²) in [5.41, 5.74) is 3.22. The highest BCUT2D eigenvalue weighted by Gasteiger charge is 2.43. The molecule has 3 rings (SSSR count). The zero-order valence-electron chi connectivity index (χ0n) is 8.51. The summed E-state index contributed by atoms with van der Waals surface area (Å²) in [4.78, 5) is 0. The van der Waals surface area contributed by atoms with Gasteiger partial charge in [0, 0.05) is 30.2 Å². The predicted molar refractivity (Wildman–Crippen MR) is 58.7 cm³/mol. The molecule has 2 heterocycles. The lowest BCUT2D eigenvalue weighted by atomic mass is 9.80. The van der Waals surface area contributed by atoms with Crippen LogP contribution in [0.25, 0.3) is 0 Å². The Morgan fingerprint density at radius 1 is 1.29 bits per heavy atom. The molecule has 2 atom stereocenters. The van der Waals surface area contributed by atoms with Gasteiger partial charge in [-0.3, -0.25) is 0 Å². The van der Waals surface area contributed by atoms with Crippen molar-refractivity contribution >= 4 is 5.69 Å². The zero-order valence-corrected chi connectivity index (χ0v) is 8.51. The first-order valence-corrected chi connectivity index (χ1v) is 5.37. The van der Waals surface area contributed by atoms with Gasteiger partial charge in [0.15, 0.2) is 0 Å². The van der Waals surface area contributed by atoms with Crippen molar-refractivity contribution in [3.8, 4) is 0 Å². The molecule has 1 fully saturated rings. The van der Waals surface area contributed by atoms with Gasteiger partial charge in [-0.2, -0.15) is 0 Å². The van der Waals surface area contributed by atoms with Crippen LogP contribution in [-0.4, -0.2) is 19.1 Å². The predicted octanol–water partition coefficient (Wildman–Crippen LogP) is 1.73. The third-order valence-corrected chi connectivity index (χ3v) is 3.60. The summed E-state index contributed by atoms with van der Waals surface area (Å²) >= 11 is 0. The Hall–Kier alpha value is -1.02. The van der Waals surface area contributed by atoms with Crippen LogP contribution in [0.3, 0.4) is 0 Å². The topological polar surface area (TPSA) is 24.1 Å². The van der Waals surface area contributed by atoms with E-state index in [1.807, 2.05) is 0 Å². The lowest BCUT2D eigenvalue weighted by Gasteiger charge is -2.21. The first kappa shape index (κ1) is 8.30. The minimum absolute atomic E-state index is 0.371. The van der Waals surface area contributed by atoms with Crippen molar-refractivity contribution in [1.29, 1.82) is 0 Å². The van der Waals surface area contributed by atoms with E-state index in [1.165, 1.54) is 17.7 Å². The van der Waals surface area contributed by atoms with Gasteiger partial charge in [0.2, 0.25) is 0 Å². The molecular weight excluding hydrogens is 172 g/mol. The van der Waals surface area contributed by atoms with E-state index in [4.69, 9.17) is 0 Å². The first-order valence-electron chi connectivity index (χ1n) is 5.37. The fourth-order valence-corrected chi connectivity index (χ4v) is 2.90. The average Bonchev–Trinajstić information content (AvgIpc) is 2.75. The second-order valence-corrected chi connectivity index (χ2v) is 4.67. The summed E-state index contributed by atoms with van der Waals surface area (Å²) in [6.45, 7) is 4.50. The Morgan fingerprint density at radius 3 is 2.93 bits per heavy atom. The quantitative estimate of drug-likeness (QED) is 0.648. The number of fused-ring (bicyclic) bond motifs is 2. The maximum absolute atomic E-state index is 3.55. The van der Waals surface area contributed by atoms with Gasteiger partial charge in [-0.15, -0.1) is 0 Å².